The van der Waals surface area contributed by atoms with Gasteiger partial charge in [0.1, 0.15) is 0 Å². The molecule has 6 heteroatoms. The SMILES string of the molecule is NNc1cc(C(O)C(=O)O)ccc1CCl. The summed E-state index contributed by atoms with van der Waals surface area (Å²) < 4.78 is 0. The molecule has 0 radical (unpaired) electrons. The first kappa shape index (κ1) is 11.8. The van der Waals surface area contributed by atoms with Crippen molar-refractivity contribution in [1.29, 1.82) is 0 Å². The zero-order chi connectivity index (χ0) is 11.4. The van der Waals surface area contributed by atoms with Crippen molar-refractivity contribution >= 4 is 23.3 Å². The van der Waals surface area contributed by atoms with E-state index in [-0.39, 0.29) is 11.4 Å². The first-order valence-electron chi connectivity index (χ1n) is 4.16. The number of aliphatic hydroxyl groups excluding tert-OH is 1. The average Bonchev–Trinajstić information content (AvgIpc) is 2.26. The normalized spacial score (nSPS) is 12.2. The highest BCUT2D eigenvalue weighted by Gasteiger charge is 2.16. The van der Waals surface area contributed by atoms with Crippen LogP contribution in [-0.2, 0) is 10.7 Å². The number of nitrogen functional groups attached to an aromatic ring is 1. The second-order valence-electron chi connectivity index (χ2n) is 2.94. The number of carbonyl (C=O) groups is 1. The molecule has 15 heavy (non-hydrogen) atoms. The summed E-state index contributed by atoms with van der Waals surface area (Å²) >= 11 is 5.63. The van der Waals surface area contributed by atoms with E-state index in [1.807, 2.05) is 0 Å². The molecule has 0 amide bonds. The molecule has 1 rings (SSSR count). The zero-order valence-electron chi connectivity index (χ0n) is 7.77. The largest absolute Gasteiger partial charge is 0.479 e. The third kappa shape index (κ3) is 2.59. The maximum absolute atomic E-state index is 10.5. The Morgan fingerprint density at radius 1 is 1.60 bits per heavy atom. The van der Waals surface area contributed by atoms with E-state index in [1.165, 1.54) is 12.1 Å². The van der Waals surface area contributed by atoms with Crippen molar-refractivity contribution < 1.29 is 15.0 Å². The molecule has 5 nitrogen and oxygen atoms in total. The molecule has 0 saturated carbocycles. The minimum Gasteiger partial charge on any atom is -0.479 e. The van der Waals surface area contributed by atoms with Gasteiger partial charge < -0.3 is 15.6 Å². The molecule has 0 heterocycles. The van der Waals surface area contributed by atoms with Gasteiger partial charge in [-0.2, -0.15) is 0 Å². The minimum absolute atomic E-state index is 0.253. The molecule has 1 unspecified atom stereocenters. The molecule has 0 bridgehead atoms. The van der Waals surface area contributed by atoms with Crippen LogP contribution < -0.4 is 11.3 Å². The van der Waals surface area contributed by atoms with Crippen molar-refractivity contribution in [1.82, 2.24) is 0 Å². The van der Waals surface area contributed by atoms with E-state index >= 15 is 0 Å². The van der Waals surface area contributed by atoms with Crippen LogP contribution in [-0.4, -0.2) is 16.2 Å². The van der Waals surface area contributed by atoms with E-state index in [0.717, 1.165) is 5.56 Å². The quantitative estimate of drug-likeness (QED) is 0.349. The highest BCUT2D eigenvalue weighted by Crippen LogP contribution is 2.22. The number of nitrogens with one attached hydrogen (secondary N) is 1. The Kier molecular flexibility index (Phi) is 3.90. The van der Waals surface area contributed by atoms with E-state index in [2.05, 4.69) is 5.43 Å². The van der Waals surface area contributed by atoms with Crippen LogP contribution in [0.25, 0.3) is 0 Å². The van der Waals surface area contributed by atoms with Gasteiger partial charge in [0, 0.05) is 5.88 Å². The number of aliphatic carboxylic acids is 1. The topological polar surface area (TPSA) is 95.6 Å². The summed E-state index contributed by atoms with van der Waals surface area (Å²) in [6.07, 6.45) is -1.55. The van der Waals surface area contributed by atoms with Gasteiger partial charge in [-0.15, -0.1) is 11.6 Å². The molecular formula is C9H11ClN2O3. The molecule has 5 N–H and O–H groups in total. The number of alkyl halides is 1. The number of rotatable bonds is 4. The molecule has 0 saturated heterocycles. The van der Waals surface area contributed by atoms with Crippen molar-refractivity contribution in [3.63, 3.8) is 0 Å². The van der Waals surface area contributed by atoms with Crippen LogP contribution >= 0.6 is 11.6 Å². The van der Waals surface area contributed by atoms with Crippen LogP contribution in [0, 0.1) is 0 Å². The molecule has 82 valence electrons. The third-order valence-corrected chi connectivity index (χ3v) is 2.27. The first-order chi connectivity index (χ1) is 7.10. The molecule has 0 spiro atoms. The van der Waals surface area contributed by atoms with Crippen LogP contribution in [0.1, 0.15) is 17.2 Å². The number of hydrazine groups is 1. The van der Waals surface area contributed by atoms with Gasteiger partial charge in [-0.05, 0) is 17.2 Å². The monoisotopic (exact) mass is 230 g/mol. The summed E-state index contributed by atoms with van der Waals surface area (Å²) in [5.74, 6) is 4.18. The summed E-state index contributed by atoms with van der Waals surface area (Å²) in [4.78, 5) is 10.5. The van der Waals surface area contributed by atoms with Gasteiger partial charge in [0.05, 0.1) is 5.69 Å². The number of benzene rings is 1. The lowest BCUT2D eigenvalue weighted by Crippen LogP contribution is -2.13. The molecular weight excluding hydrogens is 220 g/mol. The number of nitrogens with two attached hydrogens (primary N) is 1. The number of carboxylic acid groups (broad SMARTS) is 1. The number of hydrogen-bond acceptors (Lipinski definition) is 4. The molecule has 0 fully saturated rings. The third-order valence-electron chi connectivity index (χ3n) is 1.98. The summed E-state index contributed by atoms with van der Waals surface area (Å²) in [5.41, 5.74) is 3.89. The second kappa shape index (κ2) is 4.97. The van der Waals surface area contributed by atoms with Crippen molar-refractivity contribution in [2.75, 3.05) is 5.43 Å². The Hall–Kier alpha value is -1.30. The summed E-state index contributed by atoms with van der Waals surface area (Å²) in [7, 11) is 0. The average molecular weight is 231 g/mol. The summed E-state index contributed by atoms with van der Waals surface area (Å²) in [6.45, 7) is 0. The predicted octanol–water partition coefficient (Wildman–Crippen LogP) is 0.829. The van der Waals surface area contributed by atoms with Gasteiger partial charge in [0.2, 0.25) is 0 Å². The van der Waals surface area contributed by atoms with Crippen LogP contribution in [0.15, 0.2) is 18.2 Å². The lowest BCUT2D eigenvalue weighted by molar-refractivity contribution is -0.146. The van der Waals surface area contributed by atoms with Crippen LogP contribution in [0.4, 0.5) is 5.69 Å². The Morgan fingerprint density at radius 3 is 2.73 bits per heavy atom. The molecule has 0 aliphatic carbocycles. The van der Waals surface area contributed by atoms with Crippen molar-refractivity contribution in [2.24, 2.45) is 5.84 Å². The van der Waals surface area contributed by atoms with E-state index in [0.29, 0.717) is 5.69 Å². The number of hydrogen-bond donors (Lipinski definition) is 4. The number of carboxylic acids is 1. The van der Waals surface area contributed by atoms with Gasteiger partial charge in [0.25, 0.3) is 0 Å². The molecule has 0 aliphatic heterocycles. The fourth-order valence-electron chi connectivity index (χ4n) is 1.16. The van der Waals surface area contributed by atoms with Gasteiger partial charge in [-0.1, -0.05) is 12.1 Å². The highest BCUT2D eigenvalue weighted by molar-refractivity contribution is 6.17. The summed E-state index contributed by atoms with van der Waals surface area (Å²) in [5, 5.41) is 17.9. The van der Waals surface area contributed by atoms with Crippen molar-refractivity contribution in [3.8, 4) is 0 Å². The van der Waals surface area contributed by atoms with Crippen LogP contribution in [0.5, 0.6) is 0 Å². The Balaban J connectivity index is 3.07. The number of anilines is 1. The molecule has 1 aromatic rings. The lowest BCUT2D eigenvalue weighted by atomic mass is 10.1. The van der Waals surface area contributed by atoms with Crippen molar-refractivity contribution in [3.05, 3.63) is 29.3 Å². The minimum atomic E-state index is -1.55. The summed E-state index contributed by atoms with van der Waals surface area (Å²) in [6, 6.07) is 4.57. The maximum atomic E-state index is 10.5. The van der Waals surface area contributed by atoms with E-state index in [4.69, 9.17) is 22.6 Å². The Morgan fingerprint density at radius 2 is 2.27 bits per heavy atom. The lowest BCUT2D eigenvalue weighted by Gasteiger charge is -2.11. The van der Waals surface area contributed by atoms with Gasteiger partial charge in [0.15, 0.2) is 6.10 Å². The fourth-order valence-corrected chi connectivity index (χ4v) is 1.39. The standard InChI is InChI=1S/C9H11ClN2O3/c10-4-6-2-1-5(3-7(6)12-11)8(13)9(14)15/h1-3,8,12-13H,4,11H2,(H,14,15). The molecule has 1 aromatic carbocycles. The van der Waals surface area contributed by atoms with Crippen LogP contribution in [0.3, 0.4) is 0 Å². The molecule has 0 aromatic heterocycles. The van der Waals surface area contributed by atoms with Crippen molar-refractivity contribution in [2.45, 2.75) is 12.0 Å². The van der Waals surface area contributed by atoms with E-state index in [9.17, 15) is 9.90 Å². The highest BCUT2D eigenvalue weighted by atomic mass is 35.5. The Bertz CT molecular complexity index is 370. The number of aliphatic hydroxyl groups is 1. The molecule has 0 aliphatic rings. The van der Waals surface area contributed by atoms with Gasteiger partial charge in [-0.25, -0.2) is 4.79 Å². The first-order valence-corrected chi connectivity index (χ1v) is 4.70. The molecule has 1 atom stereocenters. The second-order valence-corrected chi connectivity index (χ2v) is 3.20. The predicted molar refractivity (Wildman–Crippen MR) is 56.4 cm³/mol. The zero-order valence-corrected chi connectivity index (χ0v) is 8.53. The van der Waals surface area contributed by atoms with Gasteiger partial charge >= 0.3 is 5.97 Å². The fraction of sp³-hybridized carbons (Fsp3) is 0.222. The van der Waals surface area contributed by atoms with E-state index in [1.54, 1.807) is 6.07 Å². The van der Waals surface area contributed by atoms with Gasteiger partial charge in [-0.3, -0.25) is 5.84 Å². The number of halogens is 1. The smallest absolute Gasteiger partial charge is 0.337 e. The van der Waals surface area contributed by atoms with E-state index < -0.39 is 12.1 Å². The maximum Gasteiger partial charge on any atom is 0.337 e. The van der Waals surface area contributed by atoms with Crippen LogP contribution in [0.2, 0.25) is 0 Å². The Labute approximate surface area is 91.4 Å².